The number of carboxylic acids is 2. The standard InChI is InChI=1S/C90H116N12O17/c1-64-37-47-94-80(59-64)92-45-15-27-84(105)99-76(88(111)101-78(61-86(107)108)70-33-29-68(30-34-70)74-23-13-19-66-17-3-5-21-72(66)74)25-7-9-42-96-82(103)39-49-114-51-53-116-55-56-118-63-91-41-11-12-44-98-90(113)119-58-57-117-54-52-115-50-40-83(104)97-43-10-8-26-77(100-85(106)28-16-46-93-81-60-65(2)38-48-95-81)89(112)102-79(62-87(109)110)71-35-31-69(32-36-71)75-24-14-20-67-18-4-6-22-73(67)75/h3-6,13-14,17-24,29-38,47-48,59-60,76-79,91H,7-12,15-16,25-28,39-46,49-58,61-63H2,1-2H3,(H,92,94)(H,93,95)(H,96,103)(H,97,104)(H,98,113)(H,99,105)(H,100,106)(H,101,111)(H,102,112)(H,107,108)(H,109,110). The molecule has 2 heterocycles. The molecule has 8 aromatic rings. The third-order valence-electron chi connectivity index (χ3n) is 19.4. The molecule has 638 valence electrons. The van der Waals surface area contributed by atoms with Crippen LogP contribution < -0.4 is 53.2 Å². The van der Waals surface area contributed by atoms with Crippen LogP contribution in [-0.4, -0.2) is 198 Å². The van der Waals surface area contributed by atoms with Crippen molar-refractivity contribution in [2.75, 3.05) is 123 Å². The van der Waals surface area contributed by atoms with Crippen LogP contribution in [0.1, 0.15) is 137 Å². The van der Waals surface area contributed by atoms with Gasteiger partial charge in [0.25, 0.3) is 0 Å². The second kappa shape index (κ2) is 53.8. The predicted molar refractivity (Wildman–Crippen MR) is 456 cm³/mol. The van der Waals surface area contributed by atoms with Crippen LogP contribution in [0, 0.1) is 13.8 Å². The van der Waals surface area contributed by atoms with Gasteiger partial charge in [-0.05, 0) is 175 Å². The normalized spacial score (nSPS) is 12.2. The lowest BCUT2D eigenvalue weighted by molar-refractivity contribution is -0.139. The lowest BCUT2D eigenvalue weighted by atomic mass is 9.95. The van der Waals surface area contributed by atoms with Gasteiger partial charge in [0.05, 0.1) is 91.1 Å². The molecule has 0 aliphatic rings. The van der Waals surface area contributed by atoms with E-state index in [0.717, 1.165) is 61.3 Å². The zero-order valence-electron chi connectivity index (χ0n) is 68.2. The Hall–Kier alpha value is -11.5. The molecule has 0 saturated carbocycles. The van der Waals surface area contributed by atoms with Gasteiger partial charge in [-0.25, -0.2) is 14.8 Å². The summed E-state index contributed by atoms with van der Waals surface area (Å²) < 4.78 is 33.0. The summed E-state index contributed by atoms with van der Waals surface area (Å²) in [6, 6.07) is 47.1. The van der Waals surface area contributed by atoms with Crippen molar-refractivity contribution in [2.45, 2.75) is 141 Å². The van der Waals surface area contributed by atoms with Gasteiger partial charge in [-0.1, -0.05) is 133 Å². The van der Waals surface area contributed by atoms with Gasteiger partial charge in [-0.3, -0.25) is 43.7 Å². The molecule has 7 amide bonds. The van der Waals surface area contributed by atoms with Crippen molar-refractivity contribution in [3.8, 4) is 22.3 Å². The highest BCUT2D eigenvalue weighted by Crippen LogP contribution is 2.32. The fraction of sp³-hybridized carbons (Fsp3) is 0.433. The van der Waals surface area contributed by atoms with Gasteiger partial charge in [0.15, 0.2) is 0 Å². The zero-order chi connectivity index (χ0) is 84.4. The first-order valence-electron chi connectivity index (χ1n) is 41.1. The number of pyridine rings is 2. The van der Waals surface area contributed by atoms with Gasteiger partial charge >= 0.3 is 18.0 Å². The van der Waals surface area contributed by atoms with E-state index >= 15 is 0 Å². The number of carbonyl (C=O) groups is 9. The fourth-order valence-electron chi connectivity index (χ4n) is 13.1. The zero-order valence-corrected chi connectivity index (χ0v) is 68.2. The van der Waals surface area contributed by atoms with Crippen molar-refractivity contribution < 1.29 is 81.8 Å². The van der Waals surface area contributed by atoms with Crippen LogP contribution >= 0.6 is 0 Å². The third kappa shape index (κ3) is 36.1. The van der Waals surface area contributed by atoms with E-state index in [0.29, 0.717) is 140 Å². The summed E-state index contributed by atoms with van der Waals surface area (Å²) in [4.78, 5) is 125. The number of ether oxygens (including phenoxy) is 6. The van der Waals surface area contributed by atoms with Gasteiger partial charge in [0, 0.05) is 70.8 Å². The summed E-state index contributed by atoms with van der Waals surface area (Å²) in [5, 5.41) is 53.9. The lowest BCUT2D eigenvalue weighted by Gasteiger charge is -2.23. The summed E-state index contributed by atoms with van der Waals surface area (Å²) >= 11 is 0. The summed E-state index contributed by atoms with van der Waals surface area (Å²) in [7, 11) is 0. The molecule has 0 bridgehead atoms. The van der Waals surface area contributed by atoms with E-state index in [1.807, 2.05) is 166 Å². The number of carbonyl (C=O) groups excluding carboxylic acids is 7. The molecule has 0 fully saturated rings. The number of hydrogen-bond acceptors (Lipinski definition) is 20. The number of rotatable bonds is 59. The predicted octanol–water partition coefficient (Wildman–Crippen LogP) is 10.9. The van der Waals surface area contributed by atoms with Crippen LogP contribution in [0.15, 0.2) is 170 Å². The van der Waals surface area contributed by atoms with E-state index in [4.69, 9.17) is 28.4 Å². The largest absolute Gasteiger partial charge is 0.481 e. The molecule has 6 aromatic carbocycles. The fourth-order valence-corrected chi connectivity index (χ4v) is 13.1. The van der Waals surface area contributed by atoms with E-state index in [1.165, 1.54) is 0 Å². The molecule has 0 spiro atoms. The maximum absolute atomic E-state index is 14.0. The van der Waals surface area contributed by atoms with Crippen LogP contribution in [-0.2, 0) is 66.8 Å². The minimum Gasteiger partial charge on any atom is -0.481 e. The average molecular weight is 1640 g/mol. The molecule has 29 heteroatoms. The Kier molecular flexibility index (Phi) is 42.0. The van der Waals surface area contributed by atoms with Crippen LogP contribution in [0.25, 0.3) is 43.8 Å². The van der Waals surface area contributed by atoms with E-state index in [-0.39, 0.29) is 115 Å². The van der Waals surface area contributed by atoms with E-state index < -0.39 is 54.0 Å². The number of aryl methyl sites for hydroxylation is 2. The molecular weight excluding hydrogens is 1520 g/mol. The summed E-state index contributed by atoms with van der Waals surface area (Å²) in [6.07, 6.45) is 7.53. The van der Waals surface area contributed by atoms with Crippen molar-refractivity contribution in [3.05, 3.63) is 192 Å². The molecule has 119 heavy (non-hydrogen) atoms. The van der Waals surface area contributed by atoms with Gasteiger partial charge in [0.1, 0.15) is 30.3 Å². The summed E-state index contributed by atoms with van der Waals surface area (Å²) in [5.41, 5.74) is 7.23. The van der Waals surface area contributed by atoms with E-state index in [9.17, 15) is 53.4 Å². The van der Waals surface area contributed by atoms with Gasteiger partial charge in [-0.15, -0.1) is 0 Å². The van der Waals surface area contributed by atoms with Crippen LogP contribution in [0.5, 0.6) is 0 Å². The number of nitrogens with zero attached hydrogens (tertiary/aromatic N) is 2. The monoisotopic (exact) mass is 1640 g/mol. The Morgan fingerprint density at radius 3 is 1.24 bits per heavy atom. The number of aromatic nitrogens is 2. The van der Waals surface area contributed by atoms with Crippen LogP contribution in [0.3, 0.4) is 0 Å². The molecule has 29 nitrogen and oxygen atoms in total. The highest BCUT2D eigenvalue weighted by Gasteiger charge is 2.28. The number of alkyl carbamates (subject to hydrolysis) is 1. The summed E-state index contributed by atoms with van der Waals surface area (Å²) in [6.45, 7) is 9.30. The molecular formula is C90H116N12O17. The molecule has 0 saturated heterocycles. The number of fused-ring (bicyclic) bond motifs is 2. The molecule has 4 atom stereocenters. The Labute approximate surface area is 695 Å². The quantitative estimate of drug-likeness (QED) is 0.0124. The highest BCUT2D eigenvalue weighted by atomic mass is 16.6. The Balaban J connectivity index is 0.596. The Morgan fingerprint density at radius 2 is 0.782 bits per heavy atom. The number of hydrogen-bond donors (Lipinski definition) is 12. The maximum atomic E-state index is 14.0. The molecule has 2 aromatic heterocycles. The van der Waals surface area contributed by atoms with E-state index in [1.54, 1.807) is 12.4 Å². The number of unbranched alkanes of at least 4 members (excludes halogenated alkanes) is 3. The molecule has 0 aliphatic carbocycles. The number of carboxylic acid groups (broad SMARTS) is 2. The first-order chi connectivity index (χ1) is 57.9. The average Bonchev–Trinajstić information content (AvgIpc) is 0.806. The molecule has 8 rings (SSSR count). The lowest BCUT2D eigenvalue weighted by Crippen LogP contribution is -2.48. The first-order valence-corrected chi connectivity index (χ1v) is 41.1. The number of aliphatic carboxylic acids is 2. The summed E-state index contributed by atoms with van der Waals surface area (Å²) in [5.74, 6) is -2.89. The number of anilines is 2. The van der Waals surface area contributed by atoms with Gasteiger partial charge in [0.2, 0.25) is 35.4 Å². The molecule has 0 radical (unpaired) electrons. The number of nitrogens with one attached hydrogen (secondary N) is 10. The SMILES string of the molecule is Cc1ccnc(NCCCC(=O)NC(CCCCNC(=O)CCOCCOCCOCNCCCCNC(=O)OCCOCCOCCC(=O)NCCCCC(NC(=O)CCCNc2cc(C)ccn2)C(=O)NC(CC(=O)O)c2ccc(-c3cccc4ccccc34)cc2)C(=O)NC(CC(=O)O)c2ccc(-c3cccc4ccccc34)cc2)c1. The van der Waals surface area contributed by atoms with Crippen molar-refractivity contribution in [1.82, 2.24) is 52.5 Å². The second-order valence-electron chi connectivity index (χ2n) is 28.8. The Bertz CT molecular complexity index is 4450. The second-order valence-corrected chi connectivity index (χ2v) is 28.8. The van der Waals surface area contributed by atoms with Crippen LogP contribution in [0.2, 0.25) is 0 Å². The molecule has 0 aliphatic heterocycles. The Morgan fingerprint density at radius 1 is 0.378 bits per heavy atom. The number of amides is 7. The third-order valence-corrected chi connectivity index (χ3v) is 19.4. The van der Waals surface area contributed by atoms with Crippen molar-refractivity contribution in [1.29, 1.82) is 0 Å². The smallest absolute Gasteiger partial charge is 0.407 e. The molecule has 12 N–H and O–H groups in total. The highest BCUT2D eigenvalue weighted by molar-refractivity contribution is 5.98. The minimum absolute atomic E-state index is 0.0461. The van der Waals surface area contributed by atoms with Crippen LogP contribution in [0.4, 0.5) is 16.4 Å². The van der Waals surface area contributed by atoms with Gasteiger partial charge in [-0.2, -0.15) is 0 Å². The first kappa shape index (κ1) is 93.0. The van der Waals surface area contributed by atoms with Crippen molar-refractivity contribution in [3.63, 3.8) is 0 Å². The topological polar surface area (TPSA) is 396 Å². The minimum atomic E-state index is -1.10. The van der Waals surface area contributed by atoms with Crippen molar-refractivity contribution in [2.24, 2.45) is 0 Å². The van der Waals surface area contributed by atoms with E-state index in [2.05, 4.69) is 69.2 Å². The number of benzene rings is 6. The maximum Gasteiger partial charge on any atom is 0.407 e. The van der Waals surface area contributed by atoms with Gasteiger partial charge < -0.3 is 86.5 Å². The van der Waals surface area contributed by atoms with Crippen molar-refractivity contribution >= 4 is 86.7 Å². The molecule has 4 unspecified atom stereocenters.